The zero-order valence-electron chi connectivity index (χ0n) is 13.9. The van der Waals surface area contributed by atoms with Gasteiger partial charge >= 0.3 is 6.43 Å². The number of aromatic nitrogens is 3. The number of carbonyl (C=O) groups is 1. The number of aryl methyl sites for hydroxylation is 1. The molecule has 0 saturated heterocycles. The highest BCUT2D eigenvalue weighted by Gasteiger charge is 2.26. The van der Waals surface area contributed by atoms with Gasteiger partial charge in [-0.05, 0) is 36.1 Å². The molecule has 4 rings (SSSR count). The number of hydrogen-bond acceptors (Lipinski definition) is 6. The Morgan fingerprint density at radius 3 is 2.89 bits per heavy atom. The van der Waals surface area contributed by atoms with E-state index in [4.69, 9.17) is 0 Å². The van der Waals surface area contributed by atoms with Crippen molar-refractivity contribution in [2.75, 3.05) is 0 Å². The Morgan fingerprint density at radius 2 is 2.15 bits per heavy atom. The molecular weight excluding hydrogens is 358 g/mol. The van der Waals surface area contributed by atoms with Crippen LogP contribution in [0.4, 0.5) is 8.78 Å². The van der Waals surface area contributed by atoms with Crippen LogP contribution < -0.4 is 5.32 Å². The number of rotatable bonds is 4. The minimum atomic E-state index is -2.81. The van der Waals surface area contributed by atoms with E-state index < -0.39 is 12.3 Å². The van der Waals surface area contributed by atoms with Gasteiger partial charge in [0.1, 0.15) is 0 Å². The number of benzene rings is 1. The van der Waals surface area contributed by atoms with Crippen molar-refractivity contribution in [1.82, 2.24) is 20.4 Å². The van der Waals surface area contributed by atoms with Gasteiger partial charge in [-0.25, -0.2) is 4.98 Å². The number of nitrogens with one attached hydrogen (secondary N) is 1. The molecule has 0 aliphatic heterocycles. The molecule has 1 aliphatic rings. The van der Waals surface area contributed by atoms with Crippen LogP contribution >= 0.6 is 0 Å². The predicted molar refractivity (Wildman–Crippen MR) is 89.1 cm³/mol. The lowest BCUT2D eigenvalue weighted by Crippen LogP contribution is -2.27. The number of carbonyl (C=O) groups excluding carboxylic acids is 1. The van der Waals surface area contributed by atoms with Crippen LogP contribution in [-0.4, -0.2) is 26.1 Å². The smallest absolute Gasteiger partial charge is 0.315 e. The maximum absolute atomic E-state index is 12.6. The second-order valence-electron chi connectivity index (χ2n) is 6.14. The Hall–Kier alpha value is -3.36. The summed E-state index contributed by atoms with van der Waals surface area (Å²) in [6.45, 7) is 0. The highest BCUT2D eigenvalue weighted by atomic mass is 19.3. The first kappa shape index (κ1) is 17.1. The average Bonchev–Trinajstić information content (AvgIpc) is 3.29. The molecule has 1 aromatic carbocycles. The third-order valence-electron chi connectivity index (χ3n) is 4.42. The molecule has 1 amide bonds. The Labute approximate surface area is 152 Å². The van der Waals surface area contributed by atoms with Gasteiger partial charge in [0.05, 0.1) is 6.04 Å². The highest BCUT2D eigenvalue weighted by molar-refractivity contribution is 5.94. The maximum Gasteiger partial charge on any atom is 0.315 e. The van der Waals surface area contributed by atoms with Crippen molar-refractivity contribution >= 4 is 5.91 Å². The van der Waals surface area contributed by atoms with Gasteiger partial charge in [-0.1, -0.05) is 17.3 Å². The molecule has 138 valence electrons. The number of amides is 1. The van der Waals surface area contributed by atoms with Gasteiger partial charge < -0.3 is 14.9 Å². The van der Waals surface area contributed by atoms with Crippen LogP contribution in [0, 0.1) is 0 Å². The van der Waals surface area contributed by atoms with Gasteiger partial charge in [0.15, 0.2) is 0 Å². The third-order valence-corrected chi connectivity index (χ3v) is 4.42. The standard InChI is InChI=1S/C18H14F2N4O3/c19-15(20)18-23-16(24-27-18)10-1-3-12-9(7-10)2-4-13(12)22-17(26)11-5-6-21-14(25)8-11/h1,3,5-8,13,15H,2,4H2,(H,21,25)(H,22,26). The van der Waals surface area contributed by atoms with Gasteiger partial charge in [0.2, 0.25) is 11.7 Å². The summed E-state index contributed by atoms with van der Waals surface area (Å²) in [6.07, 6.45) is -0.0313. The van der Waals surface area contributed by atoms with Crippen molar-refractivity contribution in [2.24, 2.45) is 0 Å². The van der Waals surface area contributed by atoms with Gasteiger partial charge in [-0.15, -0.1) is 0 Å². The van der Waals surface area contributed by atoms with E-state index in [9.17, 15) is 18.7 Å². The van der Waals surface area contributed by atoms with Gasteiger partial charge in [-0.3, -0.25) is 4.79 Å². The summed E-state index contributed by atoms with van der Waals surface area (Å²) in [5.74, 6) is -1.14. The maximum atomic E-state index is 12.6. The first-order chi connectivity index (χ1) is 13.0. The predicted octanol–water partition coefficient (Wildman–Crippen LogP) is 3.19. The lowest BCUT2D eigenvalue weighted by molar-refractivity contribution is 0.0936. The lowest BCUT2D eigenvalue weighted by atomic mass is 10.0. The summed E-state index contributed by atoms with van der Waals surface area (Å²) >= 11 is 0. The molecule has 2 heterocycles. The molecule has 7 nitrogen and oxygen atoms in total. The van der Waals surface area contributed by atoms with Gasteiger partial charge in [-0.2, -0.15) is 13.8 Å². The number of fused-ring (bicyclic) bond motifs is 1. The Kier molecular flexibility index (Phi) is 4.27. The summed E-state index contributed by atoms with van der Waals surface area (Å²) in [5, 5.41) is 15.9. The van der Waals surface area contributed by atoms with Crippen molar-refractivity contribution in [3.05, 3.63) is 59.1 Å². The molecule has 3 aromatic rings. The van der Waals surface area contributed by atoms with Crippen molar-refractivity contribution in [2.45, 2.75) is 25.3 Å². The third kappa shape index (κ3) is 3.35. The highest BCUT2D eigenvalue weighted by Crippen LogP contribution is 2.34. The van der Waals surface area contributed by atoms with E-state index in [1.807, 2.05) is 12.1 Å². The van der Waals surface area contributed by atoms with Crippen LogP contribution in [0.2, 0.25) is 0 Å². The molecule has 0 spiro atoms. The molecule has 2 aromatic heterocycles. The van der Waals surface area contributed by atoms with Crippen molar-refractivity contribution in [3.8, 4) is 17.3 Å². The van der Waals surface area contributed by atoms with E-state index in [-0.39, 0.29) is 23.7 Å². The summed E-state index contributed by atoms with van der Waals surface area (Å²) < 4.78 is 29.7. The zero-order valence-corrected chi connectivity index (χ0v) is 13.9. The molecule has 9 heteroatoms. The zero-order chi connectivity index (χ0) is 19.0. The number of halogens is 2. The molecule has 1 unspecified atom stereocenters. The van der Waals surface area contributed by atoms with Crippen molar-refractivity contribution in [1.29, 1.82) is 0 Å². The van der Waals surface area contributed by atoms with E-state index in [1.54, 1.807) is 6.07 Å². The average molecular weight is 372 g/mol. The fourth-order valence-electron chi connectivity index (χ4n) is 3.15. The van der Waals surface area contributed by atoms with E-state index in [0.29, 0.717) is 17.5 Å². The van der Waals surface area contributed by atoms with E-state index >= 15 is 0 Å². The lowest BCUT2D eigenvalue weighted by Gasteiger charge is -2.14. The van der Waals surface area contributed by atoms with E-state index in [0.717, 1.165) is 17.5 Å². The van der Waals surface area contributed by atoms with Gasteiger partial charge in [0.25, 0.3) is 11.8 Å². The summed E-state index contributed by atoms with van der Waals surface area (Å²) in [4.78, 5) is 19.7. The first-order valence-electron chi connectivity index (χ1n) is 8.22. The van der Waals surface area contributed by atoms with Crippen LogP contribution in [0.1, 0.15) is 46.3 Å². The first-order valence-corrected chi connectivity index (χ1v) is 8.22. The van der Waals surface area contributed by atoms with Crippen LogP contribution in [0.25, 0.3) is 11.4 Å². The fourth-order valence-corrected chi connectivity index (χ4v) is 3.15. The van der Waals surface area contributed by atoms with Gasteiger partial charge in [0, 0.05) is 23.4 Å². The second kappa shape index (κ2) is 6.75. The normalized spacial score (nSPS) is 15.7. The minimum Gasteiger partial charge on any atom is -0.493 e. The van der Waals surface area contributed by atoms with E-state index in [1.165, 1.54) is 18.3 Å². The topological polar surface area (TPSA) is 101 Å². The molecule has 0 radical (unpaired) electrons. The molecule has 27 heavy (non-hydrogen) atoms. The minimum absolute atomic E-state index is 0.104. The molecule has 0 fully saturated rings. The monoisotopic (exact) mass is 372 g/mol. The Morgan fingerprint density at radius 1 is 1.30 bits per heavy atom. The summed E-state index contributed by atoms with van der Waals surface area (Å²) in [5.41, 5.74) is 2.83. The Bertz CT molecular complexity index is 1010. The SMILES string of the molecule is O=C(NC1CCc2cc(-c3noc(C(F)F)n3)ccc21)c1ccnc(O)c1. The molecule has 1 aliphatic carbocycles. The number of nitrogens with zero attached hydrogens (tertiary/aromatic N) is 3. The molecular formula is C18H14F2N4O3. The number of aromatic hydroxyl groups is 1. The molecule has 2 N–H and O–H groups in total. The van der Waals surface area contributed by atoms with Crippen LogP contribution in [0.3, 0.4) is 0 Å². The summed E-state index contributed by atoms with van der Waals surface area (Å²) in [6, 6.07) is 7.99. The van der Waals surface area contributed by atoms with Crippen LogP contribution in [-0.2, 0) is 6.42 Å². The van der Waals surface area contributed by atoms with E-state index in [2.05, 4.69) is 25.0 Å². The fraction of sp³-hybridized carbons (Fsp3) is 0.222. The van der Waals surface area contributed by atoms with Crippen molar-refractivity contribution in [3.63, 3.8) is 0 Å². The summed E-state index contributed by atoms with van der Waals surface area (Å²) in [7, 11) is 0. The quantitative estimate of drug-likeness (QED) is 0.729. The van der Waals surface area contributed by atoms with Crippen LogP contribution in [0.15, 0.2) is 41.1 Å². The number of alkyl halides is 2. The second-order valence-corrected chi connectivity index (χ2v) is 6.14. The Balaban J connectivity index is 1.53. The van der Waals surface area contributed by atoms with Crippen LogP contribution in [0.5, 0.6) is 5.88 Å². The largest absolute Gasteiger partial charge is 0.493 e. The molecule has 0 saturated carbocycles. The number of pyridine rings is 1. The van der Waals surface area contributed by atoms with Crippen molar-refractivity contribution < 1.29 is 23.2 Å². The molecule has 1 atom stereocenters. The number of hydrogen-bond donors (Lipinski definition) is 2. The molecule has 0 bridgehead atoms.